The third-order valence-corrected chi connectivity index (χ3v) is 11.5. The van der Waals surface area contributed by atoms with Crippen LogP contribution in [0.1, 0.15) is 77.1 Å². The number of carbonyl (C=O) groups is 1. The minimum atomic E-state index is -3.51. The highest BCUT2D eigenvalue weighted by Crippen LogP contribution is 2.68. The summed E-state index contributed by atoms with van der Waals surface area (Å²) in [7, 11) is 1.50. The Hall–Kier alpha value is -5.07. The smallest absolute Gasteiger partial charge is 0.293 e. The fourth-order valence-electron chi connectivity index (χ4n) is 8.06. The molecule has 19 heteroatoms. The molecule has 0 saturated heterocycles. The second-order valence-electron chi connectivity index (χ2n) is 14.9. The van der Waals surface area contributed by atoms with Gasteiger partial charge in [0.2, 0.25) is 5.91 Å². The lowest BCUT2D eigenvalue weighted by Crippen LogP contribution is -2.38. The molecule has 2 heterocycles. The van der Waals surface area contributed by atoms with Gasteiger partial charge in [0.25, 0.3) is 17.9 Å². The van der Waals surface area contributed by atoms with E-state index in [1.807, 2.05) is 6.07 Å². The Morgan fingerprint density at radius 3 is 2.50 bits per heavy atom. The van der Waals surface area contributed by atoms with Crippen LogP contribution in [0.15, 0.2) is 57.7 Å². The normalized spacial score (nSPS) is 19.3. The zero-order valence-corrected chi connectivity index (χ0v) is 32.4. The van der Waals surface area contributed by atoms with E-state index >= 15 is 8.78 Å². The first kappa shape index (κ1) is 39.7. The maximum atomic E-state index is 15.5. The van der Waals surface area contributed by atoms with E-state index in [0.717, 1.165) is 41.5 Å². The molecule has 0 aliphatic heterocycles. The number of nitrogens with zero attached hydrogens (tertiary/aromatic N) is 5. The lowest BCUT2D eigenvalue weighted by molar-refractivity contribution is -0.123. The number of aromatic nitrogens is 4. The van der Waals surface area contributed by atoms with Crippen molar-refractivity contribution < 1.29 is 35.7 Å². The van der Waals surface area contributed by atoms with Crippen molar-refractivity contribution in [1.29, 1.82) is 0 Å². The number of amides is 1. The average molecular weight is 845 g/mol. The molecule has 0 bridgehead atoms. The first-order chi connectivity index (χ1) is 27.5. The Bertz CT molecular complexity index is 2560. The number of hydrogen-bond acceptors (Lipinski definition) is 7. The highest BCUT2D eigenvalue weighted by Gasteiger charge is 2.67. The number of anilines is 1. The fraction of sp³-hybridized carbons (Fsp3) is 0.359. The number of carbonyl (C=O) groups excluding carboxylic acids is 1. The topological polar surface area (TPSA) is 155 Å². The Balaban J connectivity index is 1.31. The second-order valence-corrected chi connectivity index (χ2v) is 16.3. The van der Waals surface area contributed by atoms with E-state index in [1.54, 1.807) is 12.1 Å². The molecule has 4 unspecified atom stereocenters. The lowest BCUT2D eigenvalue weighted by atomic mass is 10.0. The minimum Gasteiger partial charge on any atom is -0.591 e. The van der Waals surface area contributed by atoms with Gasteiger partial charge in [0.1, 0.15) is 41.6 Å². The standard InChI is InChI=1S/C39H35ClF6N8O3S/c1-48-32-28(8-7-25(40)31(32)36(47)52-58(2)57)54-37(50-26-12-18(9-17-3-4-17)5-6-22(26)38(54)56)27(13-19-10-20(41)14-21(42)11-19)49-29(55)16-53-34-30(33(51-53)35(43)44)23-15-24(23)39(34,45)46/h5-8,10-12,14,17,23-24,27,35,48H,3-4,9,13,15-16H2,1-2H3,(H2,47,52)(H,49,55). The van der Waals surface area contributed by atoms with Crippen molar-refractivity contribution in [1.82, 2.24) is 24.6 Å². The van der Waals surface area contributed by atoms with Gasteiger partial charge in [0.15, 0.2) is 5.84 Å². The van der Waals surface area contributed by atoms with Crippen LogP contribution in [0.25, 0.3) is 16.6 Å². The predicted molar refractivity (Wildman–Crippen MR) is 206 cm³/mol. The summed E-state index contributed by atoms with van der Waals surface area (Å²) in [6.07, 6.45) is 0.557. The Morgan fingerprint density at radius 2 is 1.84 bits per heavy atom. The molecular weight excluding hydrogens is 810 g/mol. The van der Waals surface area contributed by atoms with Crippen molar-refractivity contribution in [2.24, 2.45) is 22.0 Å². The molecule has 2 aromatic heterocycles. The summed E-state index contributed by atoms with van der Waals surface area (Å²) in [6.45, 7) is -0.935. The quantitative estimate of drug-likeness (QED) is 0.0513. The van der Waals surface area contributed by atoms with Gasteiger partial charge in [-0.2, -0.15) is 13.9 Å². The van der Waals surface area contributed by atoms with Crippen LogP contribution < -0.4 is 21.9 Å². The first-order valence-corrected chi connectivity index (χ1v) is 20.2. The zero-order valence-electron chi connectivity index (χ0n) is 30.8. The van der Waals surface area contributed by atoms with Crippen molar-refractivity contribution in [3.8, 4) is 5.69 Å². The van der Waals surface area contributed by atoms with Crippen LogP contribution in [-0.4, -0.2) is 48.9 Å². The van der Waals surface area contributed by atoms with Crippen molar-refractivity contribution >= 4 is 51.3 Å². The Labute approximate surface area is 335 Å². The van der Waals surface area contributed by atoms with Crippen molar-refractivity contribution in [3.63, 3.8) is 0 Å². The van der Waals surface area contributed by atoms with E-state index in [1.165, 1.54) is 25.4 Å². The van der Waals surface area contributed by atoms with Crippen LogP contribution in [0.5, 0.6) is 0 Å². The first-order valence-electron chi connectivity index (χ1n) is 18.3. The number of fused-ring (bicyclic) bond motifs is 4. The third-order valence-electron chi connectivity index (χ3n) is 10.8. The van der Waals surface area contributed by atoms with Gasteiger partial charge >= 0.3 is 0 Å². The van der Waals surface area contributed by atoms with Crippen LogP contribution in [0, 0.1) is 23.5 Å². The summed E-state index contributed by atoms with van der Waals surface area (Å²) in [4.78, 5) is 33.7. The second kappa shape index (κ2) is 14.9. The summed E-state index contributed by atoms with van der Waals surface area (Å²) < 4.78 is 106. The number of hydrogen-bond donors (Lipinski definition) is 3. The third kappa shape index (κ3) is 7.29. The van der Waals surface area contributed by atoms with E-state index in [0.29, 0.717) is 16.7 Å². The summed E-state index contributed by atoms with van der Waals surface area (Å²) >= 11 is 4.82. The molecule has 4 atom stereocenters. The molecule has 1 amide bonds. The monoisotopic (exact) mass is 844 g/mol. The van der Waals surface area contributed by atoms with Gasteiger partial charge in [0.05, 0.1) is 50.3 Å². The molecule has 0 radical (unpaired) electrons. The van der Waals surface area contributed by atoms with Gasteiger partial charge in [-0.1, -0.05) is 17.7 Å². The average Bonchev–Trinajstić information content (AvgIpc) is 4.07. The van der Waals surface area contributed by atoms with Gasteiger partial charge < -0.3 is 20.9 Å². The molecule has 3 aliphatic carbocycles. The van der Waals surface area contributed by atoms with Crippen LogP contribution in [-0.2, 0) is 41.5 Å². The molecule has 4 N–H and O–H groups in total. The summed E-state index contributed by atoms with van der Waals surface area (Å²) in [6, 6.07) is 9.29. The van der Waals surface area contributed by atoms with Crippen LogP contribution in [0.3, 0.4) is 0 Å². The molecule has 5 aromatic rings. The van der Waals surface area contributed by atoms with E-state index in [2.05, 4.69) is 20.1 Å². The Kier molecular flexibility index (Phi) is 10.2. The highest BCUT2D eigenvalue weighted by atomic mass is 35.5. The summed E-state index contributed by atoms with van der Waals surface area (Å²) in [5.74, 6) is -8.31. The number of halogens is 7. The van der Waals surface area contributed by atoms with Gasteiger partial charge in [-0.05, 0) is 89.4 Å². The molecule has 3 aliphatic rings. The van der Waals surface area contributed by atoms with E-state index < -0.39 is 89.0 Å². The summed E-state index contributed by atoms with van der Waals surface area (Å²) in [5, 5.41) is 9.63. The van der Waals surface area contributed by atoms with Gasteiger partial charge in [-0.15, -0.1) is 0 Å². The van der Waals surface area contributed by atoms with E-state index in [4.69, 9.17) is 22.3 Å². The van der Waals surface area contributed by atoms with Gasteiger partial charge in [-0.3, -0.25) is 18.8 Å². The number of alkyl halides is 4. The molecule has 3 aromatic carbocycles. The number of benzene rings is 3. The fourth-order valence-corrected chi connectivity index (χ4v) is 8.68. The predicted octanol–water partition coefficient (Wildman–Crippen LogP) is 6.75. The van der Waals surface area contributed by atoms with E-state index in [9.17, 15) is 31.7 Å². The zero-order chi connectivity index (χ0) is 41.4. The molecule has 11 nitrogen and oxygen atoms in total. The van der Waals surface area contributed by atoms with Gasteiger partial charge in [0, 0.05) is 31.0 Å². The van der Waals surface area contributed by atoms with E-state index in [-0.39, 0.29) is 62.1 Å². The van der Waals surface area contributed by atoms with Gasteiger partial charge in [-0.25, -0.2) is 22.5 Å². The van der Waals surface area contributed by atoms with Crippen molar-refractivity contribution in [2.45, 2.75) is 63.0 Å². The molecular formula is C39H35ClF6N8O3S. The number of nitrogens with one attached hydrogen (secondary N) is 2. The van der Waals surface area contributed by atoms with Crippen molar-refractivity contribution in [3.05, 3.63) is 115 Å². The molecule has 2 fully saturated rings. The minimum absolute atomic E-state index is 0.0187. The Morgan fingerprint density at radius 1 is 1.12 bits per heavy atom. The number of nitrogens with two attached hydrogens (primary N) is 1. The molecule has 58 heavy (non-hydrogen) atoms. The maximum Gasteiger partial charge on any atom is 0.293 e. The van der Waals surface area contributed by atoms with Crippen LogP contribution in [0.4, 0.5) is 32.0 Å². The SMILES string of the molecule is CNc1c(-n2c(C(Cc3cc(F)cc(F)c3)NC(=O)Cn3nc(C(F)F)c4c3C(F)(F)C3CC43)nc3cc(CC4CC4)ccc3c2=O)ccc(Cl)c1C(N)=N[S+](C)[O-]. The molecule has 0 spiro atoms. The van der Waals surface area contributed by atoms with Crippen LogP contribution in [0.2, 0.25) is 5.02 Å². The lowest BCUT2D eigenvalue weighted by Gasteiger charge is -2.25. The highest BCUT2D eigenvalue weighted by molar-refractivity contribution is 7.89. The number of amidine groups is 1. The van der Waals surface area contributed by atoms with Crippen LogP contribution >= 0.6 is 11.6 Å². The van der Waals surface area contributed by atoms with Crippen molar-refractivity contribution in [2.75, 3.05) is 18.6 Å². The molecule has 2 saturated carbocycles. The maximum absolute atomic E-state index is 15.5. The number of rotatable bonds is 13. The molecule has 304 valence electrons. The molecule has 8 rings (SSSR count). The largest absolute Gasteiger partial charge is 0.591 e. The summed E-state index contributed by atoms with van der Waals surface area (Å²) in [5.41, 5.74) is 5.19.